The molecule has 260 valence electrons. The zero-order chi connectivity index (χ0) is 36.1. The molecule has 50 heavy (non-hydrogen) atoms. The molecule has 9 nitrogen and oxygen atoms in total. The van der Waals surface area contributed by atoms with Crippen molar-refractivity contribution < 1.29 is 30.5 Å². The molecule has 0 amide bonds. The lowest BCUT2D eigenvalue weighted by Gasteiger charge is -2.25. The largest absolute Gasteiger partial charge is 0.744 e. The van der Waals surface area contributed by atoms with Crippen LogP contribution in [0.5, 0.6) is 0 Å². The summed E-state index contributed by atoms with van der Waals surface area (Å²) in [7, 11) is -5.09. The summed E-state index contributed by atoms with van der Waals surface area (Å²) >= 11 is 0. The predicted octanol–water partition coefficient (Wildman–Crippen LogP) is 6.19. The molecule has 0 unspecified atom stereocenters. The summed E-state index contributed by atoms with van der Waals surface area (Å²) in [6.45, 7) is 6.26. The second-order valence-electron chi connectivity index (χ2n) is 12.1. The van der Waals surface area contributed by atoms with Crippen LogP contribution in [0.4, 0.5) is 11.4 Å². The van der Waals surface area contributed by atoms with Crippen molar-refractivity contribution in [3.63, 3.8) is 0 Å². The molecular formula is C39H40N3O6S2-. The van der Waals surface area contributed by atoms with Crippen molar-refractivity contribution in [2.45, 2.75) is 36.7 Å². The summed E-state index contributed by atoms with van der Waals surface area (Å²) in [6.07, 6.45) is 8.39. The first-order valence-electron chi connectivity index (χ1n) is 16.2. The highest BCUT2D eigenvalue weighted by Gasteiger charge is 2.16. The second-order valence-corrected chi connectivity index (χ2v) is 14.9. The average molecular weight is 711 g/mol. The molecule has 0 fully saturated rings. The van der Waals surface area contributed by atoms with E-state index in [1.54, 1.807) is 12.1 Å². The van der Waals surface area contributed by atoms with E-state index in [9.17, 15) is 25.9 Å². The summed E-state index contributed by atoms with van der Waals surface area (Å²) < 4.78 is 71.5. The summed E-state index contributed by atoms with van der Waals surface area (Å²) in [6, 6.07) is 28.8. The van der Waals surface area contributed by atoms with Gasteiger partial charge in [-0.3, -0.25) is 0 Å². The van der Waals surface area contributed by atoms with Crippen LogP contribution >= 0.6 is 0 Å². The van der Waals surface area contributed by atoms with E-state index in [0.717, 1.165) is 50.5 Å². The molecule has 0 saturated carbocycles. The Kier molecular flexibility index (Phi) is 11.2. The lowest BCUT2D eigenvalue weighted by atomic mass is 9.90. The van der Waals surface area contributed by atoms with Gasteiger partial charge < -0.3 is 18.9 Å². The third kappa shape index (κ3) is 8.85. The molecule has 0 atom stereocenters. The first kappa shape index (κ1) is 36.5. The van der Waals surface area contributed by atoms with Crippen molar-refractivity contribution in [1.82, 2.24) is 0 Å². The van der Waals surface area contributed by atoms with Crippen LogP contribution < -0.4 is 9.80 Å². The van der Waals surface area contributed by atoms with Gasteiger partial charge >= 0.3 is 0 Å². The van der Waals surface area contributed by atoms with Crippen LogP contribution in [-0.4, -0.2) is 63.4 Å². The summed E-state index contributed by atoms with van der Waals surface area (Å²) in [5, 5.41) is 0. The van der Waals surface area contributed by atoms with Crippen LogP contribution in [0, 0.1) is 0 Å². The molecule has 0 N–H and O–H groups in total. The Morgan fingerprint density at radius 1 is 0.600 bits per heavy atom. The Hall–Kier alpha value is -4.81. The topological polar surface area (TPSA) is 124 Å². The van der Waals surface area contributed by atoms with Gasteiger partial charge in [-0.2, -0.15) is 0 Å². The van der Waals surface area contributed by atoms with Crippen LogP contribution in [0.3, 0.4) is 0 Å². The molecular weight excluding hydrogens is 671 g/mol. The standard InChI is InChI=1S/C39H41N3O6S2/c1-5-41(27-29-9-7-11-37(25-29)49(43,44)45)35-21-15-32(16-22-35)39(31-13-19-34(20-14-31)40(3)4)33-17-23-36(24-18-33)42(6-2)28-30-10-8-12-38(26-30)50(46,47)48/h7-26H,5-6,27-28H2,1-4H3,(H-,43,44,45,46,47,48)/p-1. The molecule has 5 rings (SSSR count). The third-order valence-corrected chi connectivity index (χ3v) is 10.3. The molecule has 1 aliphatic rings. The number of hydrogen-bond acceptors (Lipinski definition) is 8. The fourth-order valence-electron chi connectivity index (χ4n) is 5.91. The molecule has 4 aromatic rings. The highest BCUT2D eigenvalue weighted by Crippen LogP contribution is 2.33. The molecule has 0 aliphatic heterocycles. The van der Waals surface area contributed by atoms with Gasteiger partial charge in [0.2, 0.25) is 0 Å². The molecule has 4 aromatic carbocycles. The summed E-state index contributed by atoms with van der Waals surface area (Å²) in [4.78, 5) is 3.75. The second kappa shape index (κ2) is 15.4. The van der Waals surface area contributed by atoms with Crippen LogP contribution in [0.15, 0.2) is 137 Å². The van der Waals surface area contributed by atoms with Gasteiger partial charge in [-0.1, -0.05) is 48.5 Å². The van der Waals surface area contributed by atoms with Gasteiger partial charge in [0.25, 0.3) is 0 Å². The van der Waals surface area contributed by atoms with Gasteiger partial charge in [-0.15, -0.1) is 0 Å². The van der Waals surface area contributed by atoms with Crippen LogP contribution in [0.1, 0.15) is 36.1 Å². The first-order valence-corrected chi connectivity index (χ1v) is 19.0. The normalized spacial score (nSPS) is 13.0. The Balaban J connectivity index is 1.46. The van der Waals surface area contributed by atoms with Crippen molar-refractivity contribution in [3.8, 4) is 0 Å². The van der Waals surface area contributed by atoms with Crippen molar-refractivity contribution >= 4 is 42.9 Å². The maximum Gasteiger partial charge on any atom is 0.199 e. The quantitative estimate of drug-likeness (QED) is 0.126. The van der Waals surface area contributed by atoms with E-state index in [1.165, 1.54) is 24.3 Å². The van der Waals surface area contributed by atoms with Crippen LogP contribution in [-0.2, 0) is 33.3 Å². The molecule has 0 bridgehead atoms. The average Bonchev–Trinajstić information content (AvgIpc) is 3.10. The number of allylic oxidation sites excluding steroid dienone is 5. The maximum atomic E-state index is 11.6. The molecule has 11 heteroatoms. The van der Waals surface area contributed by atoms with E-state index in [2.05, 4.69) is 62.9 Å². The van der Waals surface area contributed by atoms with Gasteiger partial charge in [-0.05, 0) is 108 Å². The minimum atomic E-state index is -4.55. The lowest BCUT2D eigenvalue weighted by Crippen LogP contribution is -2.22. The fourth-order valence-corrected chi connectivity index (χ4v) is 7.00. The third-order valence-electron chi connectivity index (χ3n) is 8.60. The Labute approximate surface area is 295 Å². The van der Waals surface area contributed by atoms with Crippen molar-refractivity contribution in [2.24, 2.45) is 0 Å². The van der Waals surface area contributed by atoms with E-state index < -0.39 is 20.2 Å². The van der Waals surface area contributed by atoms with E-state index >= 15 is 0 Å². The lowest BCUT2D eigenvalue weighted by molar-refractivity contribution is -0.462. The molecule has 0 saturated heterocycles. The Morgan fingerprint density at radius 2 is 1.00 bits per heavy atom. The van der Waals surface area contributed by atoms with E-state index in [0.29, 0.717) is 26.2 Å². The number of nitrogens with zero attached hydrogens (tertiary/aromatic N) is 3. The molecule has 1 aliphatic carbocycles. The molecule has 0 radical (unpaired) electrons. The van der Waals surface area contributed by atoms with Crippen LogP contribution in [0.25, 0.3) is 5.57 Å². The monoisotopic (exact) mass is 710 g/mol. The zero-order valence-electron chi connectivity index (χ0n) is 28.5. The van der Waals surface area contributed by atoms with E-state index in [-0.39, 0.29) is 9.79 Å². The van der Waals surface area contributed by atoms with Gasteiger partial charge in [0.15, 0.2) is 5.71 Å². The van der Waals surface area contributed by atoms with E-state index in [1.807, 2.05) is 64.3 Å². The highest BCUT2D eigenvalue weighted by molar-refractivity contribution is 7.86. The summed E-state index contributed by atoms with van der Waals surface area (Å²) in [5.74, 6) is 0. The summed E-state index contributed by atoms with van der Waals surface area (Å²) in [5.41, 5.74) is 8.56. The highest BCUT2D eigenvalue weighted by atomic mass is 32.2. The van der Waals surface area contributed by atoms with Crippen LogP contribution in [0.2, 0.25) is 0 Å². The van der Waals surface area contributed by atoms with Crippen molar-refractivity contribution in [3.05, 3.63) is 149 Å². The number of anilines is 2. The SMILES string of the molecule is CCN(Cc1cccc(S(=O)(=O)[O-])c1)c1ccc(C(=C2C=CC(=[N+](C)C)C=C2)c2ccc(N(CC)Cc3cccc(S(=O)(=O)[O-])c3)cc2)cc1. The molecule has 0 spiro atoms. The molecule has 0 aromatic heterocycles. The number of rotatable bonds is 12. The van der Waals surface area contributed by atoms with E-state index in [4.69, 9.17) is 0 Å². The fraction of sp³-hybridized carbons (Fsp3) is 0.205. The minimum Gasteiger partial charge on any atom is -0.744 e. The van der Waals surface area contributed by atoms with Gasteiger partial charge in [0.05, 0.1) is 9.79 Å². The smallest absolute Gasteiger partial charge is 0.199 e. The molecule has 0 heterocycles. The number of benzene rings is 4. The maximum absolute atomic E-state index is 11.6. The zero-order valence-corrected chi connectivity index (χ0v) is 30.1. The van der Waals surface area contributed by atoms with Gasteiger partial charge in [0, 0.05) is 49.7 Å². The Morgan fingerprint density at radius 3 is 1.34 bits per heavy atom. The van der Waals surface area contributed by atoms with Crippen molar-refractivity contribution in [2.75, 3.05) is 37.0 Å². The number of hydrogen-bond donors (Lipinski definition) is 0. The minimum absolute atomic E-state index is 0.238. The Bertz CT molecular complexity index is 2050. The first-order chi connectivity index (χ1) is 23.8. The van der Waals surface area contributed by atoms with Gasteiger partial charge in [0.1, 0.15) is 34.3 Å². The predicted molar refractivity (Wildman–Crippen MR) is 197 cm³/mol. The van der Waals surface area contributed by atoms with Gasteiger partial charge in [-0.25, -0.2) is 21.4 Å². The van der Waals surface area contributed by atoms with Crippen molar-refractivity contribution in [1.29, 1.82) is 0 Å².